The molecule has 8 heteroatoms. The van der Waals surface area contributed by atoms with Gasteiger partial charge in [0, 0.05) is 19.6 Å². The molecule has 0 aromatic heterocycles. The van der Waals surface area contributed by atoms with Gasteiger partial charge in [-0.25, -0.2) is 0 Å². The summed E-state index contributed by atoms with van der Waals surface area (Å²) in [5, 5.41) is 11.3. The van der Waals surface area contributed by atoms with E-state index in [1.807, 2.05) is 20.1 Å². The van der Waals surface area contributed by atoms with Crippen molar-refractivity contribution in [3.8, 4) is 5.75 Å². The number of nitrogens with two attached hydrogens (primary N) is 1. The Hall–Kier alpha value is -1.80. The van der Waals surface area contributed by atoms with Crippen LogP contribution in [-0.2, 0) is 0 Å². The van der Waals surface area contributed by atoms with Crippen LogP contribution >= 0.6 is 11.8 Å². The Morgan fingerprint density at radius 2 is 2.08 bits per heavy atom. The lowest BCUT2D eigenvalue weighted by molar-refractivity contribution is -0.385. The van der Waals surface area contributed by atoms with Crippen LogP contribution in [0.15, 0.2) is 17.0 Å². The molecule has 7 nitrogen and oxygen atoms in total. The van der Waals surface area contributed by atoms with Crippen LogP contribution < -0.4 is 10.5 Å². The van der Waals surface area contributed by atoms with E-state index in [0.717, 1.165) is 0 Å². The summed E-state index contributed by atoms with van der Waals surface area (Å²) in [5.41, 5.74) is 5.81. The number of nitro groups is 1. The molecule has 0 aliphatic heterocycles. The fourth-order valence-corrected chi connectivity index (χ4v) is 2.75. The van der Waals surface area contributed by atoms with Gasteiger partial charge in [0.25, 0.3) is 11.6 Å². The van der Waals surface area contributed by atoms with Crippen molar-refractivity contribution in [2.45, 2.75) is 31.2 Å². The van der Waals surface area contributed by atoms with E-state index in [9.17, 15) is 14.9 Å². The van der Waals surface area contributed by atoms with Crippen LogP contribution in [0.2, 0.25) is 0 Å². The molecule has 1 amide bonds. The highest BCUT2D eigenvalue weighted by Crippen LogP contribution is 2.34. The van der Waals surface area contributed by atoms with E-state index in [0.29, 0.717) is 29.5 Å². The third-order valence-electron chi connectivity index (χ3n) is 3.93. The van der Waals surface area contributed by atoms with Gasteiger partial charge in [-0.15, -0.1) is 11.8 Å². The number of hydrogen-bond donors (Lipinski definition) is 1. The minimum atomic E-state index is -0.562. The summed E-state index contributed by atoms with van der Waals surface area (Å²) >= 11 is 1.37. The van der Waals surface area contributed by atoms with Gasteiger partial charge in [0.05, 0.1) is 23.0 Å². The van der Waals surface area contributed by atoms with Crippen LogP contribution in [0.1, 0.15) is 30.6 Å². The van der Waals surface area contributed by atoms with Gasteiger partial charge in [-0.2, -0.15) is 0 Å². The molecule has 0 heterocycles. The molecule has 1 unspecified atom stereocenters. The molecular weight excluding hydrogens is 330 g/mol. The molecule has 0 saturated carbocycles. The Morgan fingerprint density at radius 3 is 2.54 bits per heavy atom. The highest BCUT2D eigenvalue weighted by Gasteiger charge is 2.26. The fraction of sp³-hybridized carbons (Fsp3) is 0.562. The van der Waals surface area contributed by atoms with Gasteiger partial charge in [-0.3, -0.25) is 14.9 Å². The molecule has 2 N–H and O–H groups in total. The number of thioether (sulfide) groups is 1. The van der Waals surface area contributed by atoms with Crippen LogP contribution in [0.3, 0.4) is 0 Å². The van der Waals surface area contributed by atoms with E-state index in [1.165, 1.54) is 35.9 Å². The maximum absolute atomic E-state index is 12.7. The number of carbonyl (C=O) groups excluding carboxylic acids is 1. The minimum Gasteiger partial charge on any atom is -0.495 e. The van der Waals surface area contributed by atoms with Crippen molar-refractivity contribution < 1.29 is 14.5 Å². The third-order valence-corrected chi connectivity index (χ3v) is 4.69. The van der Waals surface area contributed by atoms with E-state index >= 15 is 0 Å². The predicted molar refractivity (Wildman–Crippen MR) is 95.8 cm³/mol. The summed E-state index contributed by atoms with van der Waals surface area (Å²) in [6, 6.07) is 2.79. The van der Waals surface area contributed by atoms with E-state index in [-0.39, 0.29) is 17.3 Å². The van der Waals surface area contributed by atoms with Gasteiger partial charge in [-0.05, 0) is 24.7 Å². The van der Waals surface area contributed by atoms with E-state index in [1.54, 1.807) is 7.05 Å². The highest BCUT2D eigenvalue weighted by molar-refractivity contribution is 7.98. The predicted octanol–water partition coefficient (Wildman–Crippen LogP) is 2.77. The van der Waals surface area contributed by atoms with Crippen molar-refractivity contribution in [2.24, 2.45) is 11.7 Å². The smallest absolute Gasteiger partial charge is 0.285 e. The van der Waals surface area contributed by atoms with Crippen molar-refractivity contribution in [1.82, 2.24) is 4.90 Å². The molecule has 1 rings (SSSR count). The Morgan fingerprint density at radius 1 is 1.46 bits per heavy atom. The quantitative estimate of drug-likeness (QED) is 0.437. The highest BCUT2D eigenvalue weighted by atomic mass is 32.2. The molecule has 134 valence electrons. The number of nitro benzene ring substituents is 1. The first kappa shape index (κ1) is 20.2. The van der Waals surface area contributed by atoms with Crippen molar-refractivity contribution in [2.75, 3.05) is 27.0 Å². The Labute approximate surface area is 146 Å². The van der Waals surface area contributed by atoms with E-state index in [4.69, 9.17) is 10.5 Å². The van der Waals surface area contributed by atoms with Gasteiger partial charge < -0.3 is 15.4 Å². The van der Waals surface area contributed by atoms with Crippen LogP contribution in [0.25, 0.3) is 0 Å². The molecule has 0 fully saturated rings. The average molecular weight is 355 g/mol. The number of carbonyl (C=O) groups is 1. The number of benzene rings is 1. The van der Waals surface area contributed by atoms with Crippen LogP contribution in [-0.4, -0.2) is 48.7 Å². The first-order valence-corrected chi connectivity index (χ1v) is 8.86. The molecule has 0 radical (unpaired) electrons. The zero-order valence-corrected chi connectivity index (χ0v) is 15.6. The fourth-order valence-electron chi connectivity index (χ4n) is 2.17. The number of ether oxygens (including phenoxy) is 1. The number of rotatable bonds is 8. The second-order valence-electron chi connectivity index (χ2n) is 5.90. The zero-order valence-electron chi connectivity index (χ0n) is 14.7. The molecule has 0 aliphatic carbocycles. The molecular formula is C16H25N3O4S. The zero-order chi connectivity index (χ0) is 18.4. The molecule has 0 aliphatic rings. The lowest BCUT2D eigenvalue weighted by atomic mass is 10.0. The summed E-state index contributed by atoms with van der Waals surface area (Å²) < 4.78 is 5.16. The monoisotopic (exact) mass is 355 g/mol. The largest absolute Gasteiger partial charge is 0.495 e. The summed E-state index contributed by atoms with van der Waals surface area (Å²) in [4.78, 5) is 25.6. The van der Waals surface area contributed by atoms with Crippen LogP contribution in [0.5, 0.6) is 5.75 Å². The minimum absolute atomic E-state index is 0.0205. The Balaban J connectivity index is 3.09. The molecule has 1 aromatic rings. The summed E-state index contributed by atoms with van der Waals surface area (Å²) in [6.07, 6.45) is 2.46. The lowest BCUT2D eigenvalue weighted by Crippen LogP contribution is -2.34. The topological polar surface area (TPSA) is 98.7 Å². The molecule has 1 aromatic carbocycles. The van der Waals surface area contributed by atoms with Crippen LogP contribution in [0, 0.1) is 16.0 Å². The van der Waals surface area contributed by atoms with Crippen molar-refractivity contribution >= 4 is 23.4 Å². The first-order valence-electron chi connectivity index (χ1n) is 7.64. The molecule has 24 heavy (non-hydrogen) atoms. The lowest BCUT2D eigenvalue weighted by Gasteiger charge is -2.22. The number of amides is 1. The standard InChI is InChI=1S/C16H25N3O4S/c1-10(2)12(17)6-7-18(3)16(20)11-8-15(24-5)14(23-4)9-13(11)19(21)22/h8-10,12H,6-7,17H2,1-5H3. The maximum Gasteiger partial charge on any atom is 0.285 e. The molecule has 0 saturated heterocycles. The van der Waals surface area contributed by atoms with Crippen LogP contribution in [0.4, 0.5) is 5.69 Å². The number of nitrogens with zero attached hydrogens (tertiary/aromatic N) is 2. The SMILES string of the molecule is COc1cc([N+](=O)[O-])c(C(=O)N(C)CCC(N)C(C)C)cc1SC. The second-order valence-corrected chi connectivity index (χ2v) is 6.75. The molecule has 0 bridgehead atoms. The Bertz CT molecular complexity index is 607. The van der Waals surface area contributed by atoms with Gasteiger partial charge in [0.2, 0.25) is 0 Å². The third kappa shape index (κ3) is 4.85. The summed E-state index contributed by atoms with van der Waals surface area (Å²) in [5.74, 6) is 0.303. The number of methoxy groups -OCH3 is 1. The van der Waals surface area contributed by atoms with Gasteiger partial charge in [0.15, 0.2) is 0 Å². The summed E-state index contributed by atoms with van der Waals surface area (Å²) in [6.45, 7) is 4.48. The molecule has 0 spiro atoms. The van der Waals surface area contributed by atoms with Crippen molar-refractivity contribution in [1.29, 1.82) is 0 Å². The maximum atomic E-state index is 12.7. The Kier molecular flexibility index (Phi) is 7.50. The number of hydrogen-bond acceptors (Lipinski definition) is 6. The second kappa shape index (κ2) is 8.89. The first-order chi connectivity index (χ1) is 11.2. The van der Waals surface area contributed by atoms with Crippen molar-refractivity contribution in [3.05, 3.63) is 27.8 Å². The normalized spacial score (nSPS) is 12.1. The van der Waals surface area contributed by atoms with Crippen molar-refractivity contribution in [3.63, 3.8) is 0 Å². The van der Waals surface area contributed by atoms with E-state index < -0.39 is 10.8 Å². The van der Waals surface area contributed by atoms with E-state index in [2.05, 4.69) is 0 Å². The molecule has 1 atom stereocenters. The van der Waals surface area contributed by atoms with Gasteiger partial charge in [-0.1, -0.05) is 13.8 Å². The van der Waals surface area contributed by atoms with Gasteiger partial charge >= 0.3 is 0 Å². The van der Waals surface area contributed by atoms with Gasteiger partial charge in [0.1, 0.15) is 11.3 Å². The summed E-state index contributed by atoms with van der Waals surface area (Å²) in [7, 11) is 3.07. The average Bonchev–Trinajstić information content (AvgIpc) is 2.56.